The maximum atomic E-state index is 12.0. The number of hydrogen-bond donors (Lipinski definition) is 2. The summed E-state index contributed by atoms with van der Waals surface area (Å²) >= 11 is 0. The monoisotopic (exact) mass is 252 g/mol. The molecule has 0 saturated heterocycles. The van der Waals surface area contributed by atoms with E-state index in [0.29, 0.717) is 11.5 Å². The van der Waals surface area contributed by atoms with Crippen LogP contribution in [-0.4, -0.2) is 24.5 Å². The van der Waals surface area contributed by atoms with Gasteiger partial charge in [0, 0.05) is 12.6 Å². The van der Waals surface area contributed by atoms with Crippen LogP contribution in [0.1, 0.15) is 59.3 Å². The van der Waals surface area contributed by atoms with Crippen molar-refractivity contribution in [1.29, 1.82) is 0 Å². The van der Waals surface area contributed by atoms with Crippen LogP contribution in [0.3, 0.4) is 0 Å². The molecule has 2 aliphatic carbocycles. The predicted molar refractivity (Wildman–Crippen MR) is 74.4 cm³/mol. The first-order valence-corrected chi connectivity index (χ1v) is 7.57. The highest BCUT2D eigenvalue weighted by Gasteiger charge is 2.45. The summed E-state index contributed by atoms with van der Waals surface area (Å²) < 4.78 is 0. The van der Waals surface area contributed by atoms with Crippen molar-refractivity contribution in [3.05, 3.63) is 0 Å². The van der Waals surface area contributed by atoms with E-state index in [2.05, 4.69) is 24.5 Å². The zero-order valence-corrected chi connectivity index (χ0v) is 12.1. The van der Waals surface area contributed by atoms with Crippen LogP contribution >= 0.6 is 0 Å². The van der Waals surface area contributed by atoms with E-state index in [1.807, 2.05) is 6.92 Å². The van der Waals surface area contributed by atoms with E-state index in [1.165, 1.54) is 25.7 Å². The maximum absolute atomic E-state index is 12.0. The van der Waals surface area contributed by atoms with Gasteiger partial charge in [0.2, 0.25) is 5.91 Å². The third-order valence-corrected chi connectivity index (χ3v) is 4.97. The molecule has 0 aromatic heterocycles. The standard InChI is InChI=1S/C15H28N2O/c1-11(2)15(8-9-15)10-16-12(3)14(18)17-13-6-4-5-7-13/h11-13,16H,4-10H2,1-3H3,(H,17,18). The van der Waals surface area contributed by atoms with Crippen molar-refractivity contribution in [3.63, 3.8) is 0 Å². The Hall–Kier alpha value is -0.570. The third-order valence-electron chi connectivity index (χ3n) is 4.97. The Morgan fingerprint density at radius 3 is 2.33 bits per heavy atom. The topological polar surface area (TPSA) is 41.1 Å². The van der Waals surface area contributed by atoms with Crippen molar-refractivity contribution in [2.24, 2.45) is 11.3 Å². The molecule has 3 nitrogen and oxygen atoms in total. The van der Waals surface area contributed by atoms with Crippen LogP contribution in [0.5, 0.6) is 0 Å². The quantitative estimate of drug-likeness (QED) is 0.762. The average Bonchev–Trinajstić information content (AvgIpc) is 2.97. The van der Waals surface area contributed by atoms with Gasteiger partial charge in [-0.25, -0.2) is 0 Å². The number of carbonyl (C=O) groups is 1. The lowest BCUT2D eigenvalue weighted by atomic mass is 9.92. The molecule has 1 unspecified atom stereocenters. The molecule has 2 N–H and O–H groups in total. The van der Waals surface area contributed by atoms with Gasteiger partial charge in [0.15, 0.2) is 0 Å². The summed E-state index contributed by atoms with van der Waals surface area (Å²) in [5, 5.41) is 6.59. The number of hydrogen-bond acceptors (Lipinski definition) is 2. The fraction of sp³-hybridized carbons (Fsp3) is 0.933. The average molecular weight is 252 g/mol. The van der Waals surface area contributed by atoms with Gasteiger partial charge in [-0.2, -0.15) is 0 Å². The van der Waals surface area contributed by atoms with Crippen molar-refractivity contribution in [3.8, 4) is 0 Å². The minimum Gasteiger partial charge on any atom is -0.352 e. The molecule has 3 heteroatoms. The molecule has 0 spiro atoms. The van der Waals surface area contributed by atoms with Gasteiger partial charge in [-0.1, -0.05) is 26.7 Å². The summed E-state index contributed by atoms with van der Waals surface area (Å²) in [5.74, 6) is 0.900. The first kappa shape index (κ1) is 13.9. The number of nitrogens with one attached hydrogen (secondary N) is 2. The van der Waals surface area contributed by atoms with Crippen LogP contribution in [0.25, 0.3) is 0 Å². The van der Waals surface area contributed by atoms with Crippen LogP contribution in [0.15, 0.2) is 0 Å². The second-order valence-electron chi connectivity index (χ2n) is 6.61. The van der Waals surface area contributed by atoms with Gasteiger partial charge < -0.3 is 10.6 Å². The number of amides is 1. The van der Waals surface area contributed by atoms with Crippen LogP contribution < -0.4 is 10.6 Å². The molecule has 1 atom stereocenters. The second kappa shape index (κ2) is 5.60. The summed E-state index contributed by atoms with van der Waals surface area (Å²) in [7, 11) is 0. The summed E-state index contributed by atoms with van der Waals surface area (Å²) in [6.07, 6.45) is 7.48. The van der Waals surface area contributed by atoms with Crippen LogP contribution in [-0.2, 0) is 4.79 Å². The smallest absolute Gasteiger partial charge is 0.237 e. The maximum Gasteiger partial charge on any atom is 0.237 e. The molecule has 0 radical (unpaired) electrons. The van der Waals surface area contributed by atoms with Gasteiger partial charge in [0.05, 0.1) is 6.04 Å². The Morgan fingerprint density at radius 2 is 1.83 bits per heavy atom. The van der Waals surface area contributed by atoms with Gasteiger partial charge in [0.25, 0.3) is 0 Å². The molecule has 0 aromatic rings. The summed E-state index contributed by atoms with van der Waals surface area (Å²) in [6, 6.07) is 0.378. The number of carbonyl (C=O) groups excluding carboxylic acids is 1. The SMILES string of the molecule is CC(NCC1(C(C)C)CC1)C(=O)NC1CCCC1. The van der Waals surface area contributed by atoms with Gasteiger partial charge in [-0.05, 0) is 43.9 Å². The van der Waals surface area contributed by atoms with Crippen molar-refractivity contribution >= 4 is 5.91 Å². The van der Waals surface area contributed by atoms with Crippen molar-refractivity contribution in [2.75, 3.05) is 6.54 Å². The molecule has 1 amide bonds. The lowest BCUT2D eigenvalue weighted by molar-refractivity contribution is -0.123. The van der Waals surface area contributed by atoms with Gasteiger partial charge in [-0.15, -0.1) is 0 Å². The Kier molecular flexibility index (Phi) is 4.31. The van der Waals surface area contributed by atoms with Gasteiger partial charge in [0.1, 0.15) is 0 Å². The molecule has 104 valence electrons. The molecule has 0 heterocycles. The zero-order chi connectivity index (χ0) is 13.2. The minimum absolute atomic E-state index is 0.0539. The molecule has 0 aromatic carbocycles. The van der Waals surface area contributed by atoms with Gasteiger partial charge in [-0.3, -0.25) is 4.79 Å². The van der Waals surface area contributed by atoms with Crippen LogP contribution in [0, 0.1) is 11.3 Å². The Morgan fingerprint density at radius 1 is 1.22 bits per heavy atom. The van der Waals surface area contributed by atoms with Crippen molar-refractivity contribution < 1.29 is 4.79 Å². The zero-order valence-electron chi connectivity index (χ0n) is 12.1. The minimum atomic E-state index is -0.0539. The largest absolute Gasteiger partial charge is 0.352 e. The molecule has 2 fully saturated rings. The Labute approximate surface area is 111 Å². The molecule has 18 heavy (non-hydrogen) atoms. The Balaban J connectivity index is 1.70. The molecular formula is C15H28N2O. The lowest BCUT2D eigenvalue weighted by Crippen LogP contribution is -2.47. The highest BCUT2D eigenvalue weighted by atomic mass is 16.2. The molecular weight excluding hydrogens is 224 g/mol. The van der Waals surface area contributed by atoms with E-state index in [1.54, 1.807) is 0 Å². The fourth-order valence-electron chi connectivity index (χ4n) is 2.96. The van der Waals surface area contributed by atoms with Crippen LogP contribution in [0.4, 0.5) is 0 Å². The molecule has 0 bridgehead atoms. The van der Waals surface area contributed by atoms with E-state index in [9.17, 15) is 4.79 Å². The van der Waals surface area contributed by atoms with Crippen molar-refractivity contribution in [2.45, 2.75) is 71.4 Å². The van der Waals surface area contributed by atoms with E-state index in [-0.39, 0.29) is 11.9 Å². The summed E-state index contributed by atoms with van der Waals surface area (Å²) in [4.78, 5) is 12.0. The fourth-order valence-corrected chi connectivity index (χ4v) is 2.96. The molecule has 2 rings (SSSR count). The summed E-state index contributed by atoms with van der Waals surface area (Å²) in [6.45, 7) is 7.56. The molecule has 0 aliphatic heterocycles. The number of rotatable bonds is 6. The second-order valence-corrected chi connectivity index (χ2v) is 6.61. The summed E-state index contributed by atoms with van der Waals surface area (Å²) in [5.41, 5.74) is 0.474. The first-order valence-electron chi connectivity index (χ1n) is 7.57. The van der Waals surface area contributed by atoms with Crippen molar-refractivity contribution in [1.82, 2.24) is 10.6 Å². The Bertz CT molecular complexity index is 291. The molecule has 2 saturated carbocycles. The van der Waals surface area contributed by atoms with E-state index in [0.717, 1.165) is 25.3 Å². The normalized spacial score (nSPS) is 24.2. The van der Waals surface area contributed by atoms with E-state index >= 15 is 0 Å². The molecule has 2 aliphatic rings. The van der Waals surface area contributed by atoms with E-state index < -0.39 is 0 Å². The third kappa shape index (κ3) is 3.25. The van der Waals surface area contributed by atoms with Crippen LogP contribution in [0.2, 0.25) is 0 Å². The predicted octanol–water partition coefficient (Wildman–Crippen LogP) is 2.46. The van der Waals surface area contributed by atoms with E-state index in [4.69, 9.17) is 0 Å². The highest BCUT2D eigenvalue weighted by Crippen LogP contribution is 2.51. The van der Waals surface area contributed by atoms with Gasteiger partial charge >= 0.3 is 0 Å². The lowest BCUT2D eigenvalue weighted by Gasteiger charge is -2.23. The highest BCUT2D eigenvalue weighted by molar-refractivity contribution is 5.81. The first-order chi connectivity index (χ1) is 8.53.